The van der Waals surface area contributed by atoms with Crippen LogP contribution in [-0.4, -0.2) is 55.2 Å². The number of amides is 1. The number of nitrogens with one attached hydrogen (secondary N) is 1. The van der Waals surface area contributed by atoms with Crippen LogP contribution in [0.5, 0.6) is 0 Å². The Bertz CT molecular complexity index is 461. The molecule has 1 saturated heterocycles. The minimum atomic E-state index is -0.444. The van der Waals surface area contributed by atoms with Crippen LogP contribution in [0.25, 0.3) is 0 Å². The summed E-state index contributed by atoms with van der Waals surface area (Å²) in [6, 6.07) is 7.54. The molecule has 1 fully saturated rings. The zero-order valence-electron chi connectivity index (χ0n) is 13.1. The summed E-state index contributed by atoms with van der Waals surface area (Å²) in [6.45, 7) is 4.49. The number of carbonyl (C=O) groups excluding carboxylic acids is 1. The lowest BCUT2D eigenvalue weighted by Crippen LogP contribution is -2.36. The Hall–Kier alpha value is -1.08. The Kier molecular flexibility index (Phi) is 7.18. The number of hydrogen-bond donors (Lipinski definition) is 2. The van der Waals surface area contributed by atoms with Crippen LogP contribution in [0.1, 0.15) is 12.0 Å². The quantitative estimate of drug-likeness (QED) is 0.797. The van der Waals surface area contributed by atoms with Gasteiger partial charge in [0.1, 0.15) is 0 Å². The van der Waals surface area contributed by atoms with E-state index in [1.165, 1.54) is 5.56 Å². The molecule has 1 aliphatic heterocycles. The summed E-state index contributed by atoms with van der Waals surface area (Å²) in [5.74, 6) is 0.780. The predicted molar refractivity (Wildman–Crippen MR) is 92.1 cm³/mol. The van der Waals surface area contributed by atoms with Crippen molar-refractivity contribution in [3.63, 3.8) is 0 Å². The summed E-state index contributed by atoms with van der Waals surface area (Å²) in [6.07, 6.45) is 2.71. The van der Waals surface area contributed by atoms with Crippen LogP contribution in [0.3, 0.4) is 0 Å². The molecule has 0 spiro atoms. The third kappa shape index (κ3) is 5.61. The third-order valence-electron chi connectivity index (χ3n) is 3.70. The Morgan fingerprint density at radius 2 is 2.05 bits per heavy atom. The molecular weight excluding hydrogens is 298 g/mol. The van der Waals surface area contributed by atoms with E-state index in [0.717, 1.165) is 44.3 Å². The van der Waals surface area contributed by atoms with Gasteiger partial charge in [-0.25, -0.2) is 0 Å². The minimum absolute atomic E-state index is 0.116. The molecule has 122 valence electrons. The molecule has 0 bridgehead atoms. The summed E-state index contributed by atoms with van der Waals surface area (Å²) in [7, 11) is 0. The second-order valence-corrected chi connectivity index (χ2v) is 6.45. The maximum absolute atomic E-state index is 12.0. The molecule has 1 aromatic carbocycles. The van der Waals surface area contributed by atoms with Crippen LogP contribution in [0, 0.1) is 0 Å². The highest BCUT2D eigenvalue weighted by Gasteiger charge is 2.13. The van der Waals surface area contributed by atoms with Gasteiger partial charge in [0.2, 0.25) is 5.91 Å². The number of ether oxygens (including phenoxy) is 1. The maximum Gasteiger partial charge on any atom is 0.241 e. The van der Waals surface area contributed by atoms with Crippen molar-refractivity contribution in [1.29, 1.82) is 0 Å². The predicted octanol–water partition coefficient (Wildman–Crippen LogP) is 1.54. The summed E-state index contributed by atoms with van der Waals surface area (Å²) in [4.78, 5) is 14.3. The third-order valence-corrected chi connectivity index (χ3v) is 4.35. The summed E-state index contributed by atoms with van der Waals surface area (Å²) >= 11 is 1.70. The number of hydrogen-bond acceptors (Lipinski definition) is 5. The van der Waals surface area contributed by atoms with E-state index in [-0.39, 0.29) is 5.91 Å². The van der Waals surface area contributed by atoms with Crippen LogP contribution >= 0.6 is 11.8 Å². The molecule has 2 rings (SSSR count). The van der Waals surface area contributed by atoms with Crippen molar-refractivity contribution in [1.82, 2.24) is 4.90 Å². The van der Waals surface area contributed by atoms with Gasteiger partial charge in [0.05, 0.1) is 19.3 Å². The Morgan fingerprint density at radius 3 is 2.68 bits per heavy atom. The number of carbonyl (C=O) groups is 1. The lowest BCUT2D eigenvalue weighted by Gasteiger charge is -2.26. The number of nitrogens with zero attached hydrogens (tertiary/aromatic N) is 1. The molecule has 1 aromatic rings. The molecule has 1 amide bonds. The van der Waals surface area contributed by atoms with Crippen molar-refractivity contribution in [3.8, 4) is 0 Å². The van der Waals surface area contributed by atoms with E-state index >= 15 is 0 Å². The highest BCUT2D eigenvalue weighted by atomic mass is 32.2. The second-order valence-electron chi connectivity index (χ2n) is 5.46. The summed E-state index contributed by atoms with van der Waals surface area (Å²) in [5.41, 5.74) is 7.90. The van der Waals surface area contributed by atoms with Crippen molar-refractivity contribution in [2.45, 2.75) is 19.0 Å². The zero-order chi connectivity index (χ0) is 15.8. The van der Waals surface area contributed by atoms with Gasteiger partial charge in [-0.3, -0.25) is 9.69 Å². The smallest absolute Gasteiger partial charge is 0.241 e. The average molecular weight is 323 g/mol. The van der Waals surface area contributed by atoms with Crippen LogP contribution in [0.4, 0.5) is 5.69 Å². The molecule has 6 heteroatoms. The fraction of sp³-hybridized carbons (Fsp3) is 0.562. The molecule has 0 aliphatic carbocycles. The standard InChI is InChI=1S/C16H25N3O2S/c1-22-11-6-15(17)16(20)18-14-4-2-13(3-5-14)12-19-7-9-21-10-8-19/h2-5,15H,6-12,17H2,1H3,(H,18,20)/t15-/m0/s1. The molecule has 22 heavy (non-hydrogen) atoms. The number of rotatable bonds is 7. The van der Waals surface area contributed by atoms with E-state index in [0.29, 0.717) is 6.42 Å². The molecule has 0 unspecified atom stereocenters. The van der Waals surface area contributed by atoms with Gasteiger partial charge in [-0.15, -0.1) is 0 Å². The molecule has 3 N–H and O–H groups in total. The highest BCUT2D eigenvalue weighted by molar-refractivity contribution is 7.98. The molecule has 1 aliphatic rings. The lowest BCUT2D eigenvalue weighted by molar-refractivity contribution is -0.117. The molecular formula is C16H25N3O2S. The Balaban J connectivity index is 1.82. The largest absolute Gasteiger partial charge is 0.379 e. The monoisotopic (exact) mass is 323 g/mol. The maximum atomic E-state index is 12.0. The normalized spacial score (nSPS) is 17.2. The zero-order valence-corrected chi connectivity index (χ0v) is 13.9. The Labute approximate surface area is 136 Å². The molecule has 0 aromatic heterocycles. The van der Waals surface area contributed by atoms with E-state index in [2.05, 4.69) is 22.3 Å². The van der Waals surface area contributed by atoms with Crippen LogP contribution in [0.2, 0.25) is 0 Å². The van der Waals surface area contributed by atoms with Gasteiger partial charge in [0, 0.05) is 25.3 Å². The topological polar surface area (TPSA) is 67.6 Å². The van der Waals surface area contributed by atoms with Gasteiger partial charge in [-0.05, 0) is 36.1 Å². The fourth-order valence-corrected chi connectivity index (χ4v) is 2.81. The van der Waals surface area contributed by atoms with E-state index < -0.39 is 6.04 Å². The van der Waals surface area contributed by atoms with Gasteiger partial charge >= 0.3 is 0 Å². The van der Waals surface area contributed by atoms with Gasteiger partial charge < -0.3 is 15.8 Å². The molecule has 1 heterocycles. The molecule has 0 saturated carbocycles. The Morgan fingerprint density at radius 1 is 1.36 bits per heavy atom. The van der Waals surface area contributed by atoms with Crippen molar-refractivity contribution in [2.75, 3.05) is 43.6 Å². The first-order chi connectivity index (χ1) is 10.7. The van der Waals surface area contributed by atoms with Gasteiger partial charge in [-0.1, -0.05) is 12.1 Å². The minimum Gasteiger partial charge on any atom is -0.379 e. The first-order valence-corrected chi connectivity index (χ1v) is 9.03. The molecule has 1 atom stereocenters. The number of morpholine rings is 1. The van der Waals surface area contributed by atoms with Gasteiger partial charge in [0.15, 0.2) is 0 Å². The van der Waals surface area contributed by atoms with Gasteiger partial charge in [-0.2, -0.15) is 11.8 Å². The van der Waals surface area contributed by atoms with Crippen LogP contribution < -0.4 is 11.1 Å². The van der Waals surface area contributed by atoms with Crippen molar-refractivity contribution < 1.29 is 9.53 Å². The van der Waals surface area contributed by atoms with Crippen molar-refractivity contribution in [2.24, 2.45) is 5.73 Å². The molecule has 5 nitrogen and oxygen atoms in total. The summed E-state index contributed by atoms with van der Waals surface area (Å²) in [5, 5.41) is 2.87. The first kappa shape index (κ1) is 17.3. The SMILES string of the molecule is CSCC[C@H](N)C(=O)Nc1ccc(CN2CCOCC2)cc1. The van der Waals surface area contributed by atoms with Crippen molar-refractivity contribution in [3.05, 3.63) is 29.8 Å². The lowest BCUT2D eigenvalue weighted by atomic mass is 10.1. The molecule has 0 radical (unpaired) electrons. The van der Waals surface area contributed by atoms with Crippen LogP contribution in [-0.2, 0) is 16.1 Å². The summed E-state index contributed by atoms with van der Waals surface area (Å²) < 4.78 is 5.35. The second kappa shape index (κ2) is 9.15. The average Bonchev–Trinajstić information content (AvgIpc) is 2.55. The van der Waals surface area contributed by atoms with E-state index in [1.807, 2.05) is 18.4 Å². The van der Waals surface area contributed by atoms with Gasteiger partial charge in [0.25, 0.3) is 0 Å². The number of nitrogens with two attached hydrogens (primary N) is 1. The van der Waals surface area contributed by atoms with E-state index in [4.69, 9.17) is 10.5 Å². The van der Waals surface area contributed by atoms with Crippen molar-refractivity contribution >= 4 is 23.4 Å². The fourth-order valence-electron chi connectivity index (χ4n) is 2.32. The van der Waals surface area contributed by atoms with E-state index in [9.17, 15) is 4.79 Å². The highest BCUT2D eigenvalue weighted by Crippen LogP contribution is 2.13. The number of anilines is 1. The number of benzene rings is 1. The van der Waals surface area contributed by atoms with Crippen LogP contribution in [0.15, 0.2) is 24.3 Å². The van der Waals surface area contributed by atoms with E-state index in [1.54, 1.807) is 11.8 Å². The number of thioether (sulfide) groups is 1. The first-order valence-electron chi connectivity index (χ1n) is 7.63.